The molecule has 8 heteroatoms. The zero-order valence-electron chi connectivity index (χ0n) is 17.9. The van der Waals surface area contributed by atoms with Gasteiger partial charge in [0.1, 0.15) is 11.5 Å². The van der Waals surface area contributed by atoms with Crippen molar-refractivity contribution in [1.82, 2.24) is 4.31 Å². The van der Waals surface area contributed by atoms with Gasteiger partial charge in [-0.25, -0.2) is 8.42 Å². The van der Waals surface area contributed by atoms with Gasteiger partial charge in [-0.1, -0.05) is 30.3 Å². The van der Waals surface area contributed by atoms with Crippen molar-refractivity contribution >= 4 is 16.0 Å². The third-order valence-electron chi connectivity index (χ3n) is 4.91. The summed E-state index contributed by atoms with van der Waals surface area (Å²) in [5.74, 6) is -0.0409. The third kappa shape index (κ3) is 6.83. The standard InChI is InChI=1S/C23H29NO6S/c1-4-5-6-7-22(23(25)26)31(27,28)24(16-18-8-12-20(29-2)13-9-18)17-19-10-14-21(30-3)15-11-19/h4,8-15,22H,1,5-7,16-17H2,2-3H3,(H,25,26). The van der Waals surface area contributed by atoms with Crippen LogP contribution in [-0.2, 0) is 27.9 Å². The van der Waals surface area contributed by atoms with Crippen LogP contribution in [0.1, 0.15) is 30.4 Å². The second-order valence-electron chi connectivity index (χ2n) is 7.06. The number of carbonyl (C=O) groups is 1. The van der Waals surface area contributed by atoms with Gasteiger partial charge < -0.3 is 14.6 Å². The molecule has 0 saturated carbocycles. The summed E-state index contributed by atoms with van der Waals surface area (Å²) in [4.78, 5) is 11.9. The highest BCUT2D eigenvalue weighted by Gasteiger charge is 2.37. The molecule has 0 heterocycles. The summed E-state index contributed by atoms with van der Waals surface area (Å²) in [6.45, 7) is 3.70. The van der Waals surface area contributed by atoms with Crippen LogP contribution in [0.4, 0.5) is 0 Å². The number of nitrogens with zero attached hydrogens (tertiary/aromatic N) is 1. The molecule has 1 atom stereocenters. The van der Waals surface area contributed by atoms with Gasteiger partial charge in [-0.15, -0.1) is 6.58 Å². The first-order valence-electron chi connectivity index (χ1n) is 9.90. The average molecular weight is 448 g/mol. The number of ether oxygens (including phenoxy) is 2. The Morgan fingerprint density at radius 1 is 1.00 bits per heavy atom. The maximum Gasteiger partial charge on any atom is 0.323 e. The van der Waals surface area contributed by atoms with E-state index in [2.05, 4.69) is 6.58 Å². The van der Waals surface area contributed by atoms with Gasteiger partial charge in [0.05, 0.1) is 14.2 Å². The molecule has 0 fully saturated rings. The first kappa shape index (κ1) is 24.4. The van der Waals surface area contributed by atoms with E-state index in [-0.39, 0.29) is 19.5 Å². The molecule has 2 rings (SSSR count). The van der Waals surface area contributed by atoms with Crippen LogP contribution in [0.15, 0.2) is 61.2 Å². The van der Waals surface area contributed by atoms with Gasteiger partial charge >= 0.3 is 5.97 Å². The fraction of sp³-hybridized carbons (Fsp3) is 0.348. The number of carboxylic acid groups (broad SMARTS) is 1. The maximum atomic E-state index is 13.4. The topological polar surface area (TPSA) is 93.1 Å². The van der Waals surface area contributed by atoms with E-state index < -0.39 is 21.2 Å². The number of unbranched alkanes of at least 4 members (excludes halogenated alkanes) is 1. The van der Waals surface area contributed by atoms with E-state index in [1.54, 1.807) is 68.8 Å². The first-order chi connectivity index (χ1) is 14.8. The van der Waals surface area contributed by atoms with Crippen LogP contribution in [0.3, 0.4) is 0 Å². The molecule has 168 valence electrons. The molecule has 0 radical (unpaired) electrons. The van der Waals surface area contributed by atoms with Crippen LogP contribution < -0.4 is 9.47 Å². The maximum absolute atomic E-state index is 13.4. The van der Waals surface area contributed by atoms with Gasteiger partial charge in [-0.05, 0) is 54.7 Å². The van der Waals surface area contributed by atoms with E-state index in [1.165, 1.54) is 4.31 Å². The molecule has 0 spiro atoms. The van der Waals surface area contributed by atoms with Crippen molar-refractivity contribution in [2.24, 2.45) is 0 Å². The minimum absolute atomic E-state index is 0.0193. The normalized spacial score (nSPS) is 12.4. The number of hydrogen-bond donors (Lipinski definition) is 1. The fourth-order valence-electron chi connectivity index (χ4n) is 3.13. The predicted octanol–water partition coefficient (Wildman–Crippen LogP) is 3.85. The molecule has 1 unspecified atom stereocenters. The highest BCUT2D eigenvalue weighted by Crippen LogP contribution is 2.23. The number of carboxylic acids is 1. The van der Waals surface area contributed by atoms with Crippen molar-refractivity contribution in [2.45, 2.75) is 37.6 Å². The van der Waals surface area contributed by atoms with E-state index in [0.29, 0.717) is 24.3 Å². The second kappa shape index (κ2) is 11.5. The smallest absolute Gasteiger partial charge is 0.323 e. The van der Waals surface area contributed by atoms with Gasteiger partial charge in [0.25, 0.3) is 0 Å². The number of methoxy groups -OCH3 is 2. The molecule has 2 aromatic carbocycles. The third-order valence-corrected chi connectivity index (χ3v) is 7.04. The molecule has 0 saturated heterocycles. The van der Waals surface area contributed by atoms with E-state index in [1.807, 2.05) is 0 Å². The summed E-state index contributed by atoms with van der Waals surface area (Å²) in [6.07, 6.45) is 2.65. The molecule has 1 N–H and O–H groups in total. The monoisotopic (exact) mass is 447 g/mol. The first-order valence-corrected chi connectivity index (χ1v) is 11.4. The van der Waals surface area contributed by atoms with Crippen LogP contribution in [-0.4, -0.2) is 43.3 Å². The highest BCUT2D eigenvalue weighted by molar-refractivity contribution is 7.90. The zero-order valence-corrected chi connectivity index (χ0v) is 18.7. The van der Waals surface area contributed by atoms with Gasteiger partial charge in [0.15, 0.2) is 5.25 Å². The Labute approximate surface area is 184 Å². The van der Waals surface area contributed by atoms with Gasteiger partial charge in [0, 0.05) is 13.1 Å². The molecular formula is C23H29NO6S. The minimum Gasteiger partial charge on any atom is -0.497 e. The molecule has 31 heavy (non-hydrogen) atoms. The summed E-state index contributed by atoms with van der Waals surface area (Å²) >= 11 is 0. The van der Waals surface area contributed by atoms with E-state index >= 15 is 0 Å². The Bertz CT molecular complexity index is 905. The Hall–Kier alpha value is -2.84. The molecule has 0 aliphatic rings. The van der Waals surface area contributed by atoms with Gasteiger partial charge in [0.2, 0.25) is 10.0 Å². The van der Waals surface area contributed by atoms with Crippen molar-refractivity contribution in [3.63, 3.8) is 0 Å². The second-order valence-corrected chi connectivity index (χ2v) is 9.17. The summed E-state index contributed by atoms with van der Waals surface area (Å²) in [7, 11) is -1.03. The summed E-state index contributed by atoms with van der Waals surface area (Å²) in [6, 6.07) is 14.0. The highest BCUT2D eigenvalue weighted by atomic mass is 32.2. The molecule has 0 amide bonds. The fourth-order valence-corrected chi connectivity index (χ4v) is 4.87. The van der Waals surface area contributed by atoms with Crippen LogP contribution in [0.5, 0.6) is 11.5 Å². The SMILES string of the molecule is C=CCCCC(C(=O)O)S(=O)(=O)N(Cc1ccc(OC)cc1)Cc1ccc(OC)cc1. The molecule has 0 aliphatic carbocycles. The average Bonchev–Trinajstić information content (AvgIpc) is 2.76. The van der Waals surface area contributed by atoms with Crippen LogP contribution in [0.2, 0.25) is 0 Å². The minimum atomic E-state index is -4.13. The van der Waals surface area contributed by atoms with Gasteiger partial charge in [-0.3, -0.25) is 4.79 Å². The van der Waals surface area contributed by atoms with E-state index in [4.69, 9.17) is 9.47 Å². The summed E-state index contributed by atoms with van der Waals surface area (Å²) in [5.41, 5.74) is 1.46. The largest absolute Gasteiger partial charge is 0.497 e. The van der Waals surface area contributed by atoms with Crippen molar-refractivity contribution in [3.05, 3.63) is 72.3 Å². The number of benzene rings is 2. The summed E-state index contributed by atoms with van der Waals surface area (Å²) < 4.78 is 38.3. The number of rotatable bonds is 13. The number of sulfonamides is 1. The van der Waals surface area contributed by atoms with Crippen molar-refractivity contribution in [1.29, 1.82) is 0 Å². The molecule has 0 bridgehead atoms. The zero-order chi connectivity index (χ0) is 22.9. The Morgan fingerprint density at radius 2 is 1.45 bits per heavy atom. The lowest BCUT2D eigenvalue weighted by Crippen LogP contribution is -2.42. The van der Waals surface area contributed by atoms with Crippen LogP contribution in [0, 0.1) is 0 Å². The Morgan fingerprint density at radius 3 is 1.81 bits per heavy atom. The van der Waals surface area contributed by atoms with Gasteiger partial charge in [-0.2, -0.15) is 4.31 Å². The van der Waals surface area contributed by atoms with E-state index in [9.17, 15) is 18.3 Å². The van der Waals surface area contributed by atoms with E-state index in [0.717, 1.165) is 11.1 Å². The number of aliphatic carboxylic acids is 1. The molecule has 2 aromatic rings. The molecule has 0 aromatic heterocycles. The lowest BCUT2D eigenvalue weighted by atomic mass is 10.2. The Kier molecular flexibility index (Phi) is 9.08. The van der Waals surface area contributed by atoms with Crippen molar-refractivity contribution in [3.8, 4) is 11.5 Å². The lowest BCUT2D eigenvalue weighted by Gasteiger charge is -2.26. The number of allylic oxidation sites excluding steroid dienone is 1. The van der Waals surface area contributed by atoms with Crippen molar-refractivity contribution < 1.29 is 27.8 Å². The van der Waals surface area contributed by atoms with Crippen LogP contribution in [0.25, 0.3) is 0 Å². The quantitative estimate of drug-likeness (QED) is 0.370. The Balaban J connectivity index is 2.36. The molecule has 7 nitrogen and oxygen atoms in total. The molecule has 0 aliphatic heterocycles. The number of hydrogen-bond acceptors (Lipinski definition) is 5. The molecular weight excluding hydrogens is 418 g/mol. The van der Waals surface area contributed by atoms with Crippen molar-refractivity contribution in [2.75, 3.05) is 14.2 Å². The predicted molar refractivity (Wildman–Crippen MR) is 120 cm³/mol. The lowest BCUT2D eigenvalue weighted by molar-refractivity contribution is -0.136. The summed E-state index contributed by atoms with van der Waals surface area (Å²) in [5, 5.41) is 8.14. The van der Waals surface area contributed by atoms with Crippen LogP contribution >= 0.6 is 0 Å².